The zero-order chi connectivity index (χ0) is 29.5. The van der Waals surface area contributed by atoms with E-state index in [1.54, 1.807) is 18.3 Å². The highest BCUT2D eigenvalue weighted by Crippen LogP contribution is 2.37. The fourth-order valence-electron chi connectivity index (χ4n) is 5.55. The Morgan fingerprint density at radius 3 is 2.67 bits per heavy atom. The van der Waals surface area contributed by atoms with Gasteiger partial charge in [0.15, 0.2) is 11.6 Å². The number of piperazine rings is 1. The molecule has 6 rings (SSSR count). The minimum atomic E-state index is -1.03. The van der Waals surface area contributed by atoms with Crippen LogP contribution in [0.5, 0.6) is 6.01 Å². The minimum absolute atomic E-state index is 0.0111. The number of fused-ring (bicyclic) bond motifs is 2. The van der Waals surface area contributed by atoms with Gasteiger partial charge in [-0.2, -0.15) is 9.97 Å². The summed E-state index contributed by atoms with van der Waals surface area (Å²) in [5.41, 5.74) is 0.389. The summed E-state index contributed by atoms with van der Waals surface area (Å²) >= 11 is 6.50. The molecule has 2 fully saturated rings. The molecule has 218 valence electrons. The van der Waals surface area contributed by atoms with Crippen molar-refractivity contribution in [2.24, 2.45) is 0 Å². The topological polar surface area (TPSA) is 87.6 Å². The van der Waals surface area contributed by atoms with Crippen LogP contribution in [0.1, 0.15) is 6.42 Å². The summed E-state index contributed by atoms with van der Waals surface area (Å²) in [6.07, 6.45) is 3.98. The Kier molecular flexibility index (Phi) is 7.58. The number of nitrogens with zero attached hydrogens (tertiary/aromatic N) is 7. The molecule has 42 heavy (non-hydrogen) atoms. The van der Waals surface area contributed by atoms with Crippen molar-refractivity contribution in [1.29, 1.82) is 0 Å². The Hall–Kier alpha value is -4.03. The van der Waals surface area contributed by atoms with E-state index in [0.29, 0.717) is 53.2 Å². The first-order valence-corrected chi connectivity index (χ1v) is 13.8. The van der Waals surface area contributed by atoms with E-state index in [1.807, 2.05) is 22.9 Å². The molecule has 1 amide bonds. The van der Waals surface area contributed by atoms with Gasteiger partial charge in [-0.25, -0.2) is 13.2 Å². The molecular weight excluding hydrogens is 571 g/mol. The molecular formula is C29H27ClF3N7O2. The van der Waals surface area contributed by atoms with Gasteiger partial charge in [0, 0.05) is 78.7 Å². The zero-order valence-corrected chi connectivity index (χ0v) is 23.5. The van der Waals surface area contributed by atoms with E-state index in [0.717, 1.165) is 5.39 Å². The lowest BCUT2D eigenvalue weighted by atomic mass is 10.0. The number of likely N-dealkylation sites (N-methyl/N-ethyl adjacent to an activating group) is 1. The van der Waals surface area contributed by atoms with Gasteiger partial charge in [-0.1, -0.05) is 30.3 Å². The number of hydrogen-bond donors (Lipinski definition) is 0. The molecule has 2 saturated heterocycles. The van der Waals surface area contributed by atoms with Crippen LogP contribution in [0.25, 0.3) is 32.9 Å². The van der Waals surface area contributed by atoms with Gasteiger partial charge in [0.05, 0.1) is 5.39 Å². The number of amides is 1. The van der Waals surface area contributed by atoms with Crippen LogP contribution in [-0.2, 0) is 4.79 Å². The van der Waals surface area contributed by atoms with Gasteiger partial charge in [0.2, 0.25) is 0 Å². The number of anilines is 1. The van der Waals surface area contributed by atoms with Crippen LogP contribution in [0.15, 0.2) is 49.2 Å². The van der Waals surface area contributed by atoms with Crippen LogP contribution in [0, 0.1) is 5.82 Å². The lowest BCUT2D eigenvalue weighted by Crippen LogP contribution is -2.49. The quantitative estimate of drug-likeness (QED) is 0.299. The van der Waals surface area contributed by atoms with Crippen molar-refractivity contribution in [3.63, 3.8) is 0 Å². The monoisotopic (exact) mass is 597 g/mol. The van der Waals surface area contributed by atoms with Gasteiger partial charge in [0.1, 0.15) is 29.8 Å². The SMILES string of the molecule is C=C(F)C(=O)N1CCN(c2nc(OC[C@@H]3C[C@@H](F)CN3C)nc3c(F)c(-c4cncc5cccc(Cl)c45)ncc23)CC1. The predicted octanol–water partition coefficient (Wildman–Crippen LogP) is 4.59. The maximum atomic E-state index is 16.4. The Balaban J connectivity index is 1.42. The number of likely N-dealkylation sites (tertiary alicyclic amines) is 1. The molecule has 0 spiro atoms. The lowest BCUT2D eigenvalue weighted by molar-refractivity contribution is -0.128. The standard InChI is InChI=1S/C29H27ClF3N7O2/c1-16(31)28(41)40-8-6-39(7-9-40)27-21-13-35-25(20-12-34-11-17-4-3-5-22(30)23(17)20)24(33)26(21)36-29(37-27)42-15-19-10-18(32)14-38(19)2/h3-5,11-13,18-19H,1,6-10,14-15H2,2H3/t18-,19+/m1/s1. The fraction of sp³-hybridized carbons (Fsp3) is 0.345. The molecule has 1 aromatic carbocycles. The Bertz CT molecular complexity index is 1690. The molecule has 13 heteroatoms. The number of benzene rings is 1. The van der Waals surface area contributed by atoms with E-state index < -0.39 is 23.7 Å². The molecule has 5 heterocycles. The number of halogens is 4. The first kappa shape index (κ1) is 28.1. The molecule has 9 nitrogen and oxygen atoms in total. The molecule has 2 aliphatic heterocycles. The second-order valence-corrected chi connectivity index (χ2v) is 10.9. The molecule has 0 saturated carbocycles. The van der Waals surface area contributed by atoms with Crippen molar-refractivity contribution in [2.45, 2.75) is 18.6 Å². The van der Waals surface area contributed by atoms with Gasteiger partial charge in [-0.15, -0.1) is 0 Å². The van der Waals surface area contributed by atoms with Crippen molar-refractivity contribution in [3.8, 4) is 17.3 Å². The van der Waals surface area contributed by atoms with Gasteiger partial charge >= 0.3 is 6.01 Å². The first-order valence-electron chi connectivity index (χ1n) is 13.5. The third-order valence-corrected chi connectivity index (χ3v) is 8.09. The number of alkyl halides is 1. The number of hydrogen-bond acceptors (Lipinski definition) is 8. The number of ether oxygens (including phenoxy) is 1. The Morgan fingerprint density at radius 1 is 1.17 bits per heavy atom. The number of carbonyl (C=O) groups is 1. The molecule has 4 aromatic rings. The first-order chi connectivity index (χ1) is 20.2. The fourth-order valence-corrected chi connectivity index (χ4v) is 5.84. The maximum absolute atomic E-state index is 16.4. The van der Waals surface area contributed by atoms with Crippen LogP contribution < -0.4 is 9.64 Å². The third-order valence-electron chi connectivity index (χ3n) is 7.77. The van der Waals surface area contributed by atoms with E-state index in [2.05, 4.69) is 26.5 Å². The summed E-state index contributed by atoms with van der Waals surface area (Å²) in [7, 11) is 1.81. The van der Waals surface area contributed by atoms with Gasteiger partial charge in [-0.3, -0.25) is 19.7 Å². The summed E-state index contributed by atoms with van der Waals surface area (Å²) in [6, 6.07) is 5.06. The van der Waals surface area contributed by atoms with E-state index >= 15 is 4.39 Å². The minimum Gasteiger partial charge on any atom is -0.462 e. The molecule has 2 atom stereocenters. The number of pyridine rings is 2. The predicted molar refractivity (Wildman–Crippen MR) is 154 cm³/mol. The van der Waals surface area contributed by atoms with Crippen LogP contribution in [0.2, 0.25) is 5.02 Å². The van der Waals surface area contributed by atoms with Gasteiger partial charge in [-0.05, 0) is 19.5 Å². The van der Waals surface area contributed by atoms with Gasteiger partial charge in [0.25, 0.3) is 5.91 Å². The van der Waals surface area contributed by atoms with E-state index in [4.69, 9.17) is 16.3 Å². The summed E-state index contributed by atoms with van der Waals surface area (Å²) in [6.45, 7) is 4.53. The average Bonchev–Trinajstić information content (AvgIpc) is 3.32. The van der Waals surface area contributed by atoms with E-state index in [1.165, 1.54) is 17.3 Å². The molecule has 0 aliphatic carbocycles. The smallest absolute Gasteiger partial charge is 0.319 e. The number of aromatic nitrogens is 4. The molecule has 0 unspecified atom stereocenters. The highest BCUT2D eigenvalue weighted by atomic mass is 35.5. The summed E-state index contributed by atoms with van der Waals surface area (Å²) in [5, 5.41) is 2.09. The molecule has 3 aromatic heterocycles. The Labute approximate surface area is 244 Å². The highest BCUT2D eigenvalue weighted by Gasteiger charge is 2.31. The molecule has 0 radical (unpaired) electrons. The normalized spacial score (nSPS) is 19.5. The summed E-state index contributed by atoms with van der Waals surface area (Å²) in [5.74, 6) is -2.14. The molecule has 0 bridgehead atoms. The van der Waals surface area contributed by atoms with Crippen LogP contribution in [-0.4, -0.2) is 94.2 Å². The van der Waals surface area contributed by atoms with Crippen molar-refractivity contribution in [3.05, 3.63) is 60.0 Å². The van der Waals surface area contributed by atoms with E-state index in [-0.39, 0.29) is 43.0 Å². The van der Waals surface area contributed by atoms with Crippen LogP contribution >= 0.6 is 11.6 Å². The second kappa shape index (κ2) is 11.3. The van der Waals surface area contributed by atoms with Crippen molar-refractivity contribution in [1.82, 2.24) is 29.7 Å². The highest BCUT2D eigenvalue weighted by molar-refractivity contribution is 6.36. The Morgan fingerprint density at radius 2 is 1.95 bits per heavy atom. The number of carbonyl (C=O) groups excluding carboxylic acids is 1. The van der Waals surface area contributed by atoms with Crippen molar-refractivity contribution in [2.75, 3.05) is 51.3 Å². The lowest BCUT2D eigenvalue weighted by Gasteiger charge is -2.35. The average molecular weight is 598 g/mol. The summed E-state index contributed by atoms with van der Waals surface area (Å²) in [4.78, 5) is 34.9. The van der Waals surface area contributed by atoms with Crippen molar-refractivity contribution >= 4 is 45.0 Å². The van der Waals surface area contributed by atoms with Gasteiger partial charge < -0.3 is 14.5 Å². The number of rotatable bonds is 6. The molecule has 0 N–H and O–H groups in total. The summed E-state index contributed by atoms with van der Waals surface area (Å²) < 4.78 is 49.7. The largest absolute Gasteiger partial charge is 0.462 e. The molecule has 2 aliphatic rings. The van der Waals surface area contributed by atoms with E-state index in [9.17, 15) is 13.6 Å². The zero-order valence-electron chi connectivity index (χ0n) is 22.7. The van der Waals surface area contributed by atoms with Crippen LogP contribution in [0.3, 0.4) is 0 Å². The maximum Gasteiger partial charge on any atom is 0.319 e. The second-order valence-electron chi connectivity index (χ2n) is 10.5. The van der Waals surface area contributed by atoms with Crippen molar-refractivity contribution < 1.29 is 22.7 Å². The third kappa shape index (κ3) is 5.20. The van der Waals surface area contributed by atoms with Crippen LogP contribution in [0.4, 0.5) is 19.0 Å².